The number of pyridine rings is 1. The average molecular weight is 356 g/mol. The molecule has 25 heavy (non-hydrogen) atoms. The predicted octanol–water partition coefficient (Wildman–Crippen LogP) is 2.96. The first-order valence-corrected chi connectivity index (χ1v) is 9.45. The Hall–Kier alpha value is -1.92. The Kier molecular flexibility index (Phi) is 4.72. The van der Waals surface area contributed by atoms with Crippen LogP contribution in [0.1, 0.15) is 55.1 Å². The van der Waals surface area contributed by atoms with E-state index >= 15 is 0 Å². The van der Waals surface area contributed by atoms with E-state index in [2.05, 4.69) is 38.2 Å². The van der Waals surface area contributed by atoms with Gasteiger partial charge in [0, 0.05) is 31.2 Å². The maximum absolute atomic E-state index is 9.49. The predicted molar refractivity (Wildman–Crippen MR) is 101 cm³/mol. The fourth-order valence-electron chi connectivity index (χ4n) is 4.15. The number of nitrogens with zero attached hydrogens (tertiary/aromatic N) is 3. The van der Waals surface area contributed by atoms with Crippen molar-refractivity contribution in [2.75, 3.05) is 13.2 Å². The molecule has 1 saturated heterocycles. The molecule has 1 aliphatic heterocycles. The number of rotatable bonds is 5. The number of aliphatic hydroxyl groups excluding tert-OH is 1. The standard InChI is InChI=1S/C19H24N4OS/c24-12-11-23-18(14-8-10-22(13-14)15-5-1-2-6-15)17(21-19(23)25)16-7-3-4-9-20-16/h3-4,7-10,13,15,17-18,24H,1-2,5-6,11-12H2,(H,21,25)/t17-,18-/m1/s1. The van der Waals surface area contributed by atoms with Crippen LogP contribution in [0, 0.1) is 0 Å². The van der Waals surface area contributed by atoms with Crippen LogP contribution in [0.15, 0.2) is 42.9 Å². The van der Waals surface area contributed by atoms with Gasteiger partial charge in [0.05, 0.1) is 24.4 Å². The van der Waals surface area contributed by atoms with Gasteiger partial charge in [-0.1, -0.05) is 18.9 Å². The van der Waals surface area contributed by atoms with Crippen LogP contribution >= 0.6 is 12.2 Å². The van der Waals surface area contributed by atoms with E-state index in [1.165, 1.54) is 31.2 Å². The zero-order valence-electron chi connectivity index (χ0n) is 14.2. The molecule has 0 radical (unpaired) electrons. The second kappa shape index (κ2) is 7.14. The molecule has 4 rings (SSSR count). The first-order chi connectivity index (χ1) is 12.3. The normalized spacial score (nSPS) is 24.0. The highest BCUT2D eigenvalue weighted by Crippen LogP contribution is 2.39. The molecule has 0 amide bonds. The van der Waals surface area contributed by atoms with Gasteiger partial charge >= 0.3 is 0 Å². The summed E-state index contributed by atoms with van der Waals surface area (Å²) in [5, 5.41) is 13.6. The number of hydrogen-bond acceptors (Lipinski definition) is 3. The molecule has 2 atom stereocenters. The molecule has 5 nitrogen and oxygen atoms in total. The highest BCUT2D eigenvalue weighted by molar-refractivity contribution is 7.80. The van der Waals surface area contributed by atoms with Crippen LogP contribution in [-0.2, 0) is 0 Å². The summed E-state index contributed by atoms with van der Waals surface area (Å²) in [5.74, 6) is 0. The maximum Gasteiger partial charge on any atom is 0.170 e. The van der Waals surface area contributed by atoms with Gasteiger partial charge in [-0.2, -0.15) is 0 Å². The van der Waals surface area contributed by atoms with Crippen molar-refractivity contribution in [3.63, 3.8) is 0 Å². The molecule has 2 N–H and O–H groups in total. The van der Waals surface area contributed by atoms with Crippen LogP contribution in [0.3, 0.4) is 0 Å². The van der Waals surface area contributed by atoms with Gasteiger partial charge < -0.3 is 19.9 Å². The Morgan fingerprint density at radius 1 is 1.24 bits per heavy atom. The molecular formula is C19H24N4OS. The Balaban J connectivity index is 1.67. The van der Waals surface area contributed by atoms with Gasteiger partial charge in [-0.05, 0) is 48.8 Å². The summed E-state index contributed by atoms with van der Waals surface area (Å²) < 4.78 is 2.36. The molecule has 0 bridgehead atoms. The summed E-state index contributed by atoms with van der Waals surface area (Å²) in [6.07, 6.45) is 11.4. The van der Waals surface area contributed by atoms with Gasteiger partial charge in [-0.3, -0.25) is 4.98 Å². The smallest absolute Gasteiger partial charge is 0.170 e. The number of aliphatic hydroxyl groups is 1. The van der Waals surface area contributed by atoms with E-state index in [9.17, 15) is 5.11 Å². The fourth-order valence-corrected chi connectivity index (χ4v) is 4.48. The summed E-state index contributed by atoms with van der Waals surface area (Å²) in [7, 11) is 0. The van der Waals surface area contributed by atoms with Gasteiger partial charge in [0.1, 0.15) is 0 Å². The van der Waals surface area contributed by atoms with E-state index in [4.69, 9.17) is 12.2 Å². The van der Waals surface area contributed by atoms with Crippen molar-refractivity contribution in [1.82, 2.24) is 19.8 Å². The largest absolute Gasteiger partial charge is 0.395 e. The molecule has 1 aliphatic carbocycles. The number of aromatic nitrogens is 2. The van der Waals surface area contributed by atoms with Crippen molar-refractivity contribution in [3.05, 3.63) is 54.1 Å². The van der Waals surface area contributed by atoms with Gasteiger partial charge in [-0.25, -0.2) is 0 Å². The van der Waals surface area contributed by atoms with E-state index in [-0.39, 0.29) is 18.7 Å². The molecule has 132 valence electrons. The van der Waals surface area contributed by atoms with Crippen molar-refractivity contribution in [1.29, 1.82) is 0 Å². The monoisotopic (exact) mass is 356 g/mol. The summed E-state index contributed by atoms with van der Waals surface area (Å²) in [4.78, 5) is 6.62. The topological polar surface area (TPSA) is 53.3 Å². The van der Waals surface area contributed by atoms with Crippen molar-refractivity contribution in [2.45, 2.75) is 43.8 Å². The number of β-amino-alcohol motifs (C(OH)–C–C–N with tert-alkyl or cyclic N) is 1. The van der Waals surface area contributed by atoms with E-state index in [0.717, 1.165) is 5.69 Å². The van der Waals surface area contributed by atoms with E-state index in [1.807, 2.05) is 24.4 Å². The third-order valence-corrected chi connectivity index (χ3v) is 5.72. The molecule has 3 heterocycles. The van der Waals surface area contributed by atoms with Crippen LogP contribution < -0.4 is 5.32 Å². The minimum atomic E-state index is -0.000298. The Morgan fingerprint density at radius 2 is 2.08 bits per heavy atom. The number of hydrogen-bond donors (Lipinski definition) is 2. The van der Waals surface area contributed by atoms with Crippen molar-refractivity contribution in [2.24, 2.45) is 0 Å². The number of nitrogens with one attached hydrogen (secondary N) is 1. The first-order valence-electron chi connectivity index (χ1n) is 9.04. The lowest BCUT2D eigenvalue weighted by Crippen LogP contribution is -2.32. The van der Waals surface area contributed by atoms with Crippen LogP contribution in [0.25, 0.3) is 0 Å². The van der Waals surface area contributed by atoms with Crippen molar-refractivity contribution in [3.8, 4) is 0 Å². The SMILES string of the molecule is OCCN1C(=S)N[C@H](c2ccccn2)[C@H]1c1ccn(C2CCCC2)c1. The van der Waals surface area contributed by atoms with Crippen LogP contribution in [0.2, 0.25) is 0 Å². The molecule has 0 unspecified atom stereocenters. The van der Waals surface area contributed by atoms with Gasteiger partial charge in [0.15, 0.2) is 5.11 Å². The van der Waals surface area contributed by atoms with E-state index in [1.54, 1.807) is 0 Å². The molecule has 0 spiro atoms. The lowest BCUT2D eigenvalue weighted by molar-refractivity contribution is 0.223. The van der Waals surface area contributed by atoms with Crippen molar-refractivity contribution < 1.29 is 5.11 Å². The molecule has 6 heteroatoms. The highest BCUT2D eigenvalue weighted by Gasteiger charge is 2.39. The Morgan fingerprint density at radius 3 is 2.80 bits per heavy atom. The molecule has 2 aliphatic rings. The molecule has 0 aromatic carbocycles. The average Bonchev–Trinajstić information content (AvgIpc) is 3.36. The Labute approximate surface area is 153 Å². The van der Waals surface area contributed by atoms with Crippen LogP contribution in [0.5, 0.6) is 0 Å². The molecular weight excluding hydrogens is 332 g/mol. The molecule has 2 fully saturated rings. The van der Waals surface area contributed by atoms with Gasteiger partial charge in [0.25, 0.3) is 0 Å². The lowest BCUT2D eigenvalue weighted by atomic mass is 9.99. The first kappa shape index (κ1) is 16.5. The summed E-state index contributed by atoms with van der Waals surface area (Å²) in [5.41, 5.74) is 2.20. The van der Waals surface area contributed by atoms with Gasteiger partial charge in [0.2, 0.25) is 0 Å². The fraction of sp³-hybridized carbons (Fsp3) is 0.474. The zero-order chi connectivity index (χ0) is 17.2. The minimum Gasteiger partial charge on any atom is -0.395 e. The third-order valence-electron chi connectivity index (χ3n) is 5.36. The van der Waals surface area contributed by atoms with E-state index in [0.29, 0.717) is 17.7 Å². The third kappa shape index (κ3) is 3.16. The van der Waals surface area contributed by atoms with E-state index < -0.39 is 0 Å². The van der Waals surface area contributed by atoms with Crippen LogP contribution in [0.4, 0.5) is 0 Å². The highest BCUT2D eigenvalue weighted by atomic mass is 32.1. The van der Waals surface area contributed by atoms with Crippen LogP contribution in [-0.4, -0.2) is 37.8 Å². The second-order valence-electron chi connectivity index (χ2n) is 6.87. The molecule has 2 aromatic heterocycles. The second-order valence-corrected chi connectivity index (χ2v) is 7.26. The van der Waals surface area contributed by atoms with Gasteiger partial charge in [-0.15, -0.1) is 0 Å². The summed E-state index contributed by atoms with van der Waals surface area (Å²) in [6.45, 7) is 0.602. The molecule has 2 aromatic rings. The maximum atomic E-state index is 9.49. The minimum absolute atomic E-state index is 0.000298. The number of thiocarbonyl (C=S) groups is 1. The zero-order valence-corrected chi connectivity index (χ0v) is 15.0. The summed E-state index contributed by atoms with van der Waals surface area (Å²) in [6, 6.07) is 8.82. The Bertz CT molecular complexity index is 726. The quantitative estimate of drug-likeness (QED) is 0.807. The van der Waals surface area contributed by atoms with Crippen molar-refractivity contribution >= 4 is 17.3 Å². The summed E-state index contributed by atoms with van der Waals surface area (Å²) >= 11 is 5.54. The lowest BCUT2D eigenvalue weighted by Gasteiger charge is -2.26. The molecule has 1 saturated carbocycles.